The second-order valence-corrected chi connectivity index (χ2v) is 8.62. The number of benzene rings is 1. The van der Waals surface area contributed by atoms with E-state index in [1.165, 1.54) is 4.70 Å². The molecule has 2 aromatic heterocycles. The van der Waals surface area contributed by atoms with Crippen molar-refractivity contribution in [3.63, 3.8) is 0 Å². The third kappa shape index (κ3) is 5.86. The molecule has 0 unspecified atom stereocenters. The van der Waals surface area contributed by atoms with Gasteiger partial charge in [0, 0.05) is 25.2 Å². The number of thiazole rings is 1. The number of hydrogen-bond acceptors (Lipinski definition) is 5. The lowest BCUT2D eigenvalue weighted by Crippen LogP contribution is -2.38. The summed E-state index contributed by atoms with van der Waals surface area (Å²) in [4.78, 5) is 30.3. The Labute approximate surface area is 198 Å². The van der Waals surface area contributed by atoms with Crippen LogP contribution < -0.4 is 16.2 Å². The summed E-state index contributed by atoms with van der Waals surface area (Å²) >= 11 is 1.69. The maximum absolute atomic E-state index is 13.0. The first kappa shape index (κ1) is 25.3. The van der Waals surface area contributed by atoms with Crippen LogP contribution in [-0.2, 0) is 6.42 Å². The number of carbonyl (C=O) groups excluding carboxylic acids is 1. The van der Waals surface area contributed by atoms with Gasteiger partial charge in [-0.3, -0.25) is 9.59 Å². The van der Waals surface area contributed by atoms with Crippen LogP contribution in [0.1, 0.15) is 46.2 Å². The Kier molecular flexibility index (Phi) is 9.50. The Balaban J connectivity index is 0.00000171. The van der Waals surface area contributed by atoms with Crippen molar-refractivity contribution < 1.29 is 4.79 Å². The highest BCUT2D eigenvalue weighted by Crippen LogP contribution is 2.22. The monoisotopic (exact) mass is 482 g/mol. The predicted octanol–water partition coefficient (Wildman–Crippen LogP) is 3.90. The van der Waals surface area contributed by atoms with Crippen LogP contribution in [0.5, 0.6) is 0 Å². The molecule has 3 aromatic rings. The van der Waals surface area contributed by atoms with Gasteiger partial charge in [-0.2, -0.15) is 0 Å². The first-order valence-electron chi connectivity index (χ1n) is 10.2. The van der Waals surface area contributed by atoms with Crippen molar-refractivity contribution in [1.82, 2.24) is 20.2 Å². The summed E-state index contributed by atoms with van der Waals surface area (Å²) in [6, 6.07) is 10.1. The van der Waals surface area contributed by atoms with Gasteiger partial charge in [0.2, 0.25) is 0 Å². The van der Waals surface area contributed by atoms with E-state index in [1.54, 1.807) is 15.9 Å². The fourth-order valence-corrected chi connectivity index (χ4v) is 4.86. The van der Waals surface area contributed by atoms with Gasteiger partial charge in [-0.15, -0.1) is 36.2 Å². The average Bonchev–Trinajstić information content (AvgIpc) is 3.15. The number of piperidine rings is 1. The molecular weight excluding hydrogens is 455 g/mol. The Bertz CT molecular complexity index is 1040. The van der Waals surface area contributed by atoms with Crippen LogP contribution in [0.2, 0.25) is 0 Å². The third-order valence-electron chi connectivity index (χ3n) is 5.45. The number of halogens is 2. The van der Waals surface area contributed by atoms with E-state index in [1.807, 2.05) is 37.4 Å². The quantitative estimate of drug-likeness (QED) is 0.522. The highest BCUT2D eigenvalue weighted by atomic mass is 35.5. The number of para-hydroxylation sites is 1. The van der Waals surface area contributed by atoms with E-state index < -0.39 is 0 Å². The van der Waals surface area contributed by atoms with Crippen LogP contribution >= 0.6 is 36.2 Å². The van der Waals surface area contributed by atoms with E-state index in [0.29, 0.717) is 6.54 Å². The van der Waals surface area contributed by atoms with E-state index in [4.69, 9.17) is 0 Å². The minimum absolute atomic E-state index is 0. The lowest BCUT2D eigenvalue weighted by molar-refractivity contribution is 0.0950. The van der Waals surface area contributed by atoms with E-state index in [9.17, 15) is 9.59 Å². The molecule has 1 aliphatic rings. The standard InChI is InChI=1S/C22H26N4O2S.2ClH/c1-15-10-14-26(16-8-12-23-13-9-16)22(28)20(15)21(27)24-11-4-7-19-25-17-5-2-3-6-18(17)29-19;;/h2-3,5-6,10,14,16,23H,4,7-9,11-13H2,1H3,(H,24,27);2*1H. The summed E-state index contributed by atoms with van der Waals surface area (Å²) in [6.45, 7) is 4.15. The highest BCUT2D eigenvalue weighted by Gasteiger charge is 2.21. The molecule has 0 aliphatic carbocycles. The van der Waals surface area contributed by atoms with Crippen molar-refractivity contribution in [2.24, 2.45) is 0 Å². The molecule has 0 spiro atoms. The number of nitrogens with one attached hydrogen (secondary N) is 2. The normalized spacial score (nSPS) is 14.0. The zero-order valence-corrected chi connectivity index (χ0v) is 19.9. The summed E-state index contributed by atoms with van der Waals surface area (Å²) in [7, 11) is 0. The van der Waals surface area contributed by atoms with Gasteiger partial charge < -0.3 is 15.2 Å². The number of aromatic nitrogens is 2. The highest BCUT2D eigenvalue weighted by molar-refractivity contribution is 7.18. The Morgan fingerprint density at radius 2 is 1.97 bits per heavy atom. The smallest absolute Gasteiger partial charge is 0.263 e. The maximum Gasteiger partial charge on any atom is 0.263 e. The molecular formula is C22H28Cl2N4O2S. The molecule has 6 nitrogen and oxygen atoms in total. The van der Waals surface area contributed by atoms with Crippen molar-refractivity contribution in [1.29, 1.82) is 0 Å². The summed E-state index contributed by atoms with van der Waals surface area (Å²) in [6.07, 6.45) is 5.25. The first-order chi connectivity index (χ1) is 14.1. The van der Waals surface area contributed by atoms with Crippen LogP contribution in [0, 0.1) is 6.92 Å². The molecule has 1 fully saturated rings. The van der Waals surface area contributed by atoms with Gasteiger partial charge in [-0.1, -0.05) is 12.1 Å². The topological polar surface area (TPSA) is 76.0 Å². The third-order valence-corrected chi connectivity index (χ3v) is 6.54. The Hall–Kier alpha value is -1.93. The number of pyridine rings is 1. The molecule has 1 aliphatic heterocycles. The minimum Gasteiger partial charge on any atom is -0.352 e. The second kappa shape index (κ2) is 11.6. The van der Waals surface area contributed by atoms with Crippen LogP contribution in [-0.4, -0.2) is 35.1 Å². The number of carbonyl (C=O) groups is 1. The molecule has 1 amide bonds. The minimum atomic E-state index is -0.278. The van der Waals surface area contributed by atoms with Gasteiger partial charge in [-0.05, 0) is 63.0 Å². The number of rotatable bonds is 6. The number of hydrogen-bond donors (Lipinski definition) is 2. The molecule has 3 heterocycles. The summed E-state index contributed by atoms with van der Waals surface area (Å²) < 4.78 is 2.93. The Morgan fingerprint density at radius 3 is 2.71 bits per heavy atom. The molecule has 0 saturated carbocycles. The molecule has 0 atom stereocenters. The summed E-state index contributed by atoms with van der Waals surface area (Å²) in [5, 5.41) is 7.31. The molecule has 0 bridgehead atoms. The number of fused-ring (bicyclic) bond motifs is 1. The molecule has 31 heavy (non-hydrogen) atoms. The number of aryl methyl sites for hydroxylation is 2. The van der Waals surface area contributed by atoms with Crippen LogP contribution in [0.4, 0.5) is 0 Å². The van der Waals surface area contributed by atoms with E-state index >= 15 is 0 Å². The summed E-state index contributed by atoms with van der Waals surface area (Å²) in [5.74, 6) is -0.278. The van der Waals surface area contributed by atoms with Gasteiger partial charge in [0.25, 0.3) is 11.5 Å². The molecule has 1 saturated heterocycles. The second-order valence-electron chi connectivity index (χ2n) is 7.50. The van der Waals surface area contributed by atoms with Crippen molar-refractivity contribution in [2.75, 3.05) is 19.6 Å². The van der Waals surface area contributed by atoms with Gasteiger partial charge in [0.05, 0.1) is 15.2 Å². The molecule has 2 N–H and O–H groups in total. The van der Waals surface area contributed by atoms with E-state index in [2.05, 4.69) is 21.7 Å². The molecule has 1 aromatic carbocycles. The first-order valence-corrected chi connectivity index (χ1v) is 11.0. The average molecular weight is 483 g/mol. The number of nitrogens with zero attached hydrogens (tertiary/aromatic N) is 2. The van der Waals surface area contributed by atoms with Crippen molar-refractivity contribution in [3.05, 3.63) is 63.0 Å². The van der Waals surface area contributed by atoms with Gasteiger partial charge >= 0.3 is 0 Å². The number of amides is 1. The van der Waals surface area contributed by atoms with E-state index in [-0.39, 0.29) is 47.9 Å². The zero-order chi connectivity index (χ0) is 20.2. The van der Waals surface area contributed by atoms with Gasteiger partial charge in [0.1, 0.15) is 5.56 Å². The van der Waals surface area contributed by atoms with Crippen LogP contribution in [0.25, 0.3) is 10.2 Å². The zero-order valence-electron chi connectivity index (χ0n) is 17.4. The van der Waals surface area contributed by atoms with Gasteiger partial charge in [0.15, 0.2) is 0 Å². The van der Waals surface area contributed by atoms with E-state index in [0.717, 1.165) is 54.9 Å². The lowest BCUT2D eigenvalue weighted by atomic mass is 10.0. The predicted molar refractivity (Wildman–Crippen MR) is 131 cm³/mol. The van der Waals surface area contributed by atoms with Crippen LogP contribution in [0.15, 0.2) is 41.3 Å². The van der Waals surface area contributed by atoms with Crippen molar-refractivity contribution >= 4 is 52.3 Å². The summed E-state index contributed by atoms with van der Waals surface area (Å²) in [5.41, 5.74) is 1.84. The van der Waals surface area contributed by atoms with Crippen molar-refractivity contribution in [3.8, 4) is 0 Å². The molecule has 4 rings (SSSR count). The SMILES string of the molecule is Cc1ccn(C2CCNCC2)c(=O)c1C(=O)NCCCc1nc2ccccc2s1.Cl.Cl. The van der Waals surface area contributed by atoms with Gasteiger partial charge in [-0.25, -0.2) is 4.98 Å². The fraction of sp³-hybridized carbons (Fsp3) is 0.409. The molecule has 0 radical (unpaired) electrons. The van der Waals surface area contributed by atoms with Crippen molar-refractivity contribution in [2.45, 2.75) is 38.6 Å². The fourth-order valence-electron chi connectivity index (χ4n) is 3.85. The molecule has 168 valence electrons. The molecule has 9 heteroatoms. The Morgan fingerprint density at radius 1 is 1.23 bits per heavy atom. The largest absolute Gasteiger partial charge is 0.352 e. The maximum atomic E-state index is 13.0. The van der Waals surface area contributed by atoms with Crippen LogP contribution in [0.3, 0.4) is 0 Å². The lowest BCUT2D eigenvalue weighted by Gasteiger charge is -2.25.